The van der Waals surface area contributed by atoms with E-state index in [9.17, 15) is 9.59 Å². The number of hydrogen-bond acceptors (Lipinski definition) is 6. The van der Waals surface area contributed by atoms with Gasteiger partial charge in [0.25, 0.3) is 11.8 Å². The summed E-state index contributed by atoms with van der Waals surface area (Å²) in [5, 5.41) is 12.7. The second-order valence-corrected chi connectivity index (χ2v) is 17.3. The molecule has 0 radical (unpaired) electrons. The maximum atomic E-state index is 12.8. The summed E-state index contributed by atoms with van der Waals surface area (Å²) in [6.07, 6.45) is 16.6. The standard InChI is InChI=1S/C28H30N4O2.C23H24N4O/c33-28(22-6-2-1-3-7-22)31-13-11-21(19-31)18-30-14-12-24-16-23(9-10-26(24)30)25-17-29-32(20-25)27-8-4-5-15-34-27;28-23(18-4-2-1-3-5-18)27-10-8-17(16-27)15-26-11-9-20-12-19(6-7-22(20)26)21-13-24-25-14-21/h1-3,6-7,9-10,12,14,16-17,20-21,27H,4-5,8,11,13,15,18-19H2;1-7,12-14,17H,8-11,15-16H2,(H,24,25). The van der Waals surface area contributed by atoms with E-state index in [1.807, 2.05) is 93.7 Å². The van der Waals surface area contributed by atoms with E-state index in [1.165, 1.54) is 39.7 Å². The van der Waals surface area contributed by atoms with Crippen molar-refractivity contribution in [2.75, 3.05) is 50.8 Å². The highest BCUT2D eigenvalue weighted by atomic mass is 16.5. The molecule has 0 aliphatic carbocycles. The SMILES string of the molecule is O=C(c1ccccc1)N1CCC(CN2CCc3cc(-c4cn[nH]c4)ccc32)C1.O=C(c1ccccc1)N1CCC(Cn2ccc3cc(-c4cnn(C5CCCCO5)c4)ccc32)C1. The first kappa shape index (κ1) is 39.7. The normalized spacial score (nSPS) is 19.7. The fourth-order valence-corrected chi connectivity index (χ4v) is 9.81. The van der Waals surface area contributed by atoms with Gasteiger partial charge in [-0.1, -0.05) is 48.5 Å². The van der Waals surface area contributed by atoms with Gasteiger partial charge in [-0.3, -0.25) is 14.7 Å². The highest BCUT2D eigenvalue weighted by molar-refractivity contribution is 5.95. The van der Waals surface area contributed by atoms with Gasteiger partial charge in [0.1, 0.15) is 6.23 Å². The number of fused-ring (bicyclic) bond motifs is 2. The molecule has 11 heteroatoms. The first-order chi connectivity index (χ1) is 30.5. The molecule has 316 valence electrons. The van der Waals surface area contributed by atoms with Gasteiger partial charge in [0.2, 0.25) is 0 Å². The summed E-state index contributed by atoms with van der Waals surface area (Å²) >= 11 is 0. The van der Waals surface area contributed by atoms with E-state index in [1.54, 1.807) is 0 Å². The van der Waals surface area contributed by atoms with Gasteiger partial charge >= 0.3 is 0 Å². The number of likely N-dealkylation sites (tertiary alicyclic amines) is 2. The summed E-state index contributed by atoms with van der Waals surface area (Å²) in [5.41, 5.74) is 10.2. The van der Waals surface area contributed by atoms with Crippen LogP contribution in [0.5, 0.6) is 0 Å². The highest BCUT2D eigenvalue weighted by Gasteiger charge is 2.31. The van der Waals surface area contributed by atoms with Crippen molar-refractivity contribution in [3.8, 4) is 22.3 Å². The second-order valence-electron chi connectivity index (χ2n) is 17.3. The number of rotatable bonds is 9. The van der Waals surface area contributed by atoms with Crippen LogP contribution in [-0.4, -0.2) is 92.0 Å². The van der Waals surface area contributed by atoms with Crippen LogP contribution in [0.15, 0.2) is 134 Å². The number of H-pyrrole nitrogens is 1. The number of aromatic nitrogens is 5. The summed E-state index contributed by atoms with van der Waals surface area (Å²) in [4.78, 5) is 32.0. The molecule has 0 saturated carbocycles. The number of nitrogens with one attached hydrogen (secondary N) is 1. The molecule has 4 aliphatic heterocycles. The monoisotopic (exact) mass is 826 g/mol. The predicted octanol–water partition coefficient (Wildman–Crippen LogP) is 8.97. The number of benzene rings is 4. The lowest BCUT2D eigenvalue weighted by Crippen LogP contribution is -2.32. The number of nitrogens with zero attached hydrogens (tertiary/aromatic N) is 7. The van der Waals surface area contributed by atoms with Crippen molar-refractivity contribution >= 4 is 28.4 Å². The molecule has 2 amide bonds. The smallest absolute Gasteiger partial charge is 0.253 e. The minimum absolute atomic E-state index is 0.0621. The molecule has 62 heavy (non-hydrogen) atoms. The van der Waals surface area contributed by atoms with Crippen LogP contribution in [0.1, 0.15) is 64.6 Å². The molecule has 0 spiro atoms. The van der Waals surface area contributed by atoms with Crippen LogP contribution in [0.25, 0.3) is 33.2 Å². The molecule has 3 aromatic heterocycles. The topological polar surface area (TPSA) is 105 Å². The van der Waals surface area contributed by atoms with Crippen molar-refractivity contribution in [1.29, 1.82) is 0 Å². The maximum Gasteiger partial charge on any atom is 0.253 e. The Hall–Kier alpha value is -6.46. The zero-order chi connectivity index (χ0) is 41.8. The summed E-state index contributed by atoms with van der Waals surface area (Å²) < 4.78 is 10.2. The van der Waals surface area contributed by atoms with Crippen molar-refractivity contribution in [1.82, 2.24) is 34.3 Å². The molecule has 4 aliphatic rings. The van der Waals surface area contributed by atoms with Crippen molar-refractivity contribution < 1.29 is 14.3 Å². The predicted molar refractivity (Wildman–Crippen MR) is 243 cm³/mol. The molecule has 7 heterocycles. The minimum Gasteiger partial charge on any atom is -0.371 e. The van der Waals surface area contributed by atoms with E-state index >= 15 is 0 Å². The van der Waals surface area contributed by atoms with Crippen LogP contribution in [0.3, 0.4) is 0 Å². The summed E-state index contributed by atoms with van der Waals surface area (Å²) in [7, 11) is 0. The lowest BCUT2D eigenvalue weighted by atomic mass is 10.0. The summed E-state index contributed by atoms with van der Waals surface area (Å²) in [6.45, 7) is 7.19. The number of carbonyl (C=O) groups excluding carboxylic acids is 2. The van der Waals surface area contributed by atoms with Crippen LogP contribution in [0, 0.1) is 11.8 Å². The van der Waals surface area contributed by atoms with E-state index < -0.39 is 0 Å². The van der Waals surface area contributed by atoms with Crippen molar-refractivity contribution in [2.24, 2.45) is 11.8 Å². The van der Waals surface area contributed by atoms with E-state index in [2.05, 4.69) is 79.6 Å². The summed E-state index contributed by atoms with van der Waals surface area (Å²) in [5.74, 6) is 1.31. The number of ether oxygens (including phenoxy) is 1. The fourth-order valence-electron chi connectivity index (χ4n) is 9.81. The molecule has 11 nitrogen and oxygen atoms in total. The zero-order valence-corrected chi connectivity index (χ0v) is 35.2. The molecule has 1 N–H and O–H groups in total. The van der Waals surface area contributed by atoms with Crippen LogP contribution >= 0.6 is 0 Å². The Kier molecular flexibility index (Phi) is 11.4. The maximum absolute atomic E-state index is 12.8. The van der Waals surface area contributed by atoms with Crippen molar-refractivity contribution in [3.63, 3.8) is 0 Å². The molecular formula is C51H54N8O3. The highest BCUT2D eigenvalue weighted by Crippen LogP contribution is 2.34. The second kappa shape index (κ2) is 17.9. The third-order valence-corrected chi connectivity index (χ3v) is 13.2. The molecule has 4 aromatic carbocycles. The Bertz CT molecular complexity index is 2610. The van der Waals surface area contributed by atoms with Crippen molar-refractivity contribution in [2.45, 2.75) is 51.3 Å². The third kappa shape index (κ3) is 8.54. The summed E-state index contributed by atoms with van der Waals surface area (Å²) in [6, 6.07) is 34.8. The number of anilines is 1. The molecular weight excluding hydrogens is 773 g/mol. The first-order valence-electron chi connectivity index (χ1n) is 22.3. The first-order valence-corrected chi connectivity index (χ1v) is 22.3. The molecule has 3 atom stereocenters. The quantitative estimate of drug-likeness (QED) is 0.156. The molecule has 11 rings (SSSR count). The van der Waals surface area contributed by atoms with Crippen LogP contribution in [-0.2, 0) is 17.7 Å². The molecule has 3 saturated heterocycles. The van der Waals surface area contributed by atoms with Crippen molar-refractivity contribution in [3.05, 3.63) is 151 Å². The lowest BCUT2D eigenvalue weighted by Gasteiger charge is -2.24. The van der Waals surface area contributed by atoms with E-state index in [-0.39, 0.29) is 18.0 Å². The average Bonchev–Trinajstić information content (AvgIpc) is 4.20. The van der Waals surface area contributed by atoms with Gasteiger partial charge in [0.05, 0.1) is 12.4 Å². The minimum atomic E-state index is 0.0621. The average molecular weight is 827 g/mol. The van der Waals surface area contributed by atoms with Gasteiger partial charge in [0.15, 0.2) is 0 Å². The van der Waals surface area contributed by atoms with E-state index in [4.69, 9.17) is 4.74 Å². The van der Waals surface area contributed by atoms with Gasteiger partial charge in [-0.05, 0) is 122 Å². The van der Waals surface area contributed by atoms with Gasteiger partial charge in [-0.15, -0.1) is 0 Å². The largest absolute Gasteiger partial charge is 0.371 e. The fraction of sp³-hybridized carbons (Fsp3) is 0.333. The third-order valence-electron chi connectivity index (χ3n) is 13.2. The van der Waals surface area contributed by atoms with Gasteiger partial charge in [-0.2, -0.15) is 10.2 Å². The number of aromatic amines is 1. The van der Waals surface area contributed by atoms with E-state index in [0.29, 0.717) is 11.8 Å². The van der Waals surface area contributed by atoms with Crippen LogP contribution in [0.4, 0.5) is 5.69 Å². The molecule has 7 aromatic rings. The van der Waals surface area contributed by atoms with Gasteiger partial charge in [-0.25, -0.2) is 4.68 Å². The molecule has 3 unspecified atom stereocenters. The Morgan fingerprint density at radius 2 is 1.40 bits per heavy atom. The number of carbonyl (C=O) groups is 2. The molecule has 0 bridgehead atoms. The number of amides is 2. The Labute approximate surface area is 362 Å². The Balaban J connectivity index is 0.000000151. The lowest BCUT2D eigenvalue weighted by molar-refractivity contribution is -0.0394. The Morgan fingerprint density at radius 1 is 0.694 bits per heavy atom. The van der Waals surface area contributed by atoms with Gasteiger partial charge < -0.3 is 24.0 Å². The van der Waals surface area contributed by atoms with Gasteiger partial charge in [0, 0.05) is 110 Å². The Morgan fingerprint density at radius 3 is 2.10 bits per heavy atom. The zero-order valence-electron chi connectivity index (χ0n) is 35.2. The van der Waals surface area contributed by atoms with Crippen LogP contribution in [0.2, 0.25) is 0 Å². The number of hydrogen-bond donors (Lipinski definition) is 1. The molecule has 3 fully saturated rings. The van der Waals surface area contributed by atoms with Crippen LogP contribution < -0.4 is 4.90 Å². The van der Waals surface area contributed by atoms with E-state index in [0.717, 1.165) is 107 Å².